The average Bonchev–Trinajstić information content (AvgIpc) is 2.74. The first-order valence-corrected chi connectivity index (χ1v) is 11.4. The molecule has 1 saturated carbocycles. The highest BCUT2D eigenvalue weighted by Crippen LogP contribution is 2.40. The third-order valence-electron chi connectivity index (χ3n) is 7.33. The van der Waals surface area contributed by atoms with Gasteiger partial charge in [0.25, 0.3) is 0 Å². The van der Waals surface area contributed by atoms with Crippen molar-refractivity contribution in [1.82, 2.24) is 9.80 Å². The van der Waals surface area contributed by atoms with Crippen molar-refractivity contribution in [2.45, 2.75) is 57.4 Å². The zero-order valence-corrected chi connectivity index (χ0v) is 18.3. The van der Waals surface area contributed by atoms with Gasteiger partial charge in [-0.25, -0.2) is 4.39 Å². The Morgan fingerprint density at radius 3 is 2.45 bits per heavy atom. The molecule has 2 unspecified atom stereocenters. The molecule has 1 aromatic carbocycles. The second kappa shape index (κ2) is 10.6. The van der Waals surface area contributed by atoms with Crippen LogP contribution in [0.3, 0.4) is 0 Å². The quantitative estimate of drug-likeness (QED) is 0.616. The summed E-state index contributed by atoms with van der Waals surface area (Å²) >= 11 is 0. The van der Waals surface area contributed by atoms with Gasteiger partial charge in [-0.15, -0.1) is 6.58 Å². The number of halogens is 1. The molecule has 2 fully saturated rings. The van der Waals surface area contributed by atoms with Crippen molar-refractivity contribution in [3.05, 3.63) is 48.7 Å². The number of allylic oxidation sites excluding steroid dienone is 1. The van der Waals surface area contributed by atoms with E-state index in [0.29, 0.717) is 17.8 Å². The molecular formula is C25H39FN3. The van der Waals surface area contributed by atoms with E-state index >= 15 is 0 Å². The van der Waals surface area contributed by atoms with Crippen LogP contribution in [0.2, 0.25) is 0 Å². The molecular weight excluding hydrogens is 361 g/mol. The number of nitrogen functional groups attached to an aromatic ring is 1. The Morgan fingerprint density at radius 1 is 1.17 bits per heavy atom. The fourth-order valence-corrected chi connectivity index (χ4v) is 5.35. The second-order valence-corrected chi connectivity index (χ2v) is 9.12. The number of piperazine rings is 1. The standard InChI is InChI=1S/C25H39FN3/c1-4-6-21(17-19(5-2)22-9-12-25(27)24(26)18-22)20-7-10-23(11-8-20)29-15-13-28(3)14-16-29/h4,6,9,12,18-21,23H,1,5,7-8,10-11,13-17,27H2,2-3H3/t19?,20-,21?,23+. The summed E-state index contributed by atoms with van der Waals surface area (Å²) < 4.78 is 14.0. The number of hydrogen-bond donors (Lipinski definition) is 1. The van der Waals surface area contributed by atoms with E-state index in [-0.39, 0.29) is 11.5 Å². The number of likely N-dealkylation sites (N-methyl/N-ethyl adjacent to an activating group) is 1. The normalized spacial score (nSPS) is 26.2. The van der Waals surface area contributed by atoms with Gasteiger partial charge in [-0.2, -0.15) is 0 Å². The van der Waals surface area contributed by atoms with Crippen LogP contribution in [0.25, 0.3) is 0 Å². The van der Waals surface area contributed by atoms with E-state index in [2.05, 4.69) is 36.8 Å². The molecule has 1 aromatic rings. The number of rotatable bonds is 8. The zero-order valence-electron chi connectivity index (χ0n) is 18.3. The molecule has 2 aliphatic rings. The van der Waals surface area contributed by atoms with Gasteiger partial charge in [0.2, 0.25) is 0 Å². The fraction of sp³-hybridized carbons (Fsp3) is 0.640. The molecule has 2 N–H and O–H groups in total. The van der Waals surface area contributed by atoms with Crippen LogP contribution in [0.1, 0.15) is 56.9 Å². The Balaban J connectivity index is 1.59. The molecule has 1 radical (unpaired) electrons. The summed E-state index contributed by atoms with van der Waals surface area (Å²) in [6.45, 7) is 11.0. The molecule has 3 rings (SSSR count). The zero-order chi connectivity index (χ0) is 20.8. The number of nitrogens with two attached hydrogens (primary N) is 1. The Morgan fingerprint density at radius 2 is 1.86 bits per heavy atom. The minimum absolute atomic E-state index is 0.236. The molecule has 0 amide bonds. The van der Waals surface area contributed by atoms with Crippen molar-refractivity contribution < 1.29 is 4.39 Å². The minimum atomic E-state index is -0.294. The van der Waals surface area contributed by atoms with Gasteiger partial charge < -0.3 is 10.6 Å². The maximum Gasteiger partial charge on any atom is 0.146 e. The SMILES string of the molecule is C=C[CH]C(CC(CC)c1ccc(N)c(F)c1)[C@H]1CC[C@@H](N2CCN(C)CC2)CC1. The van der Waals surface area contributed by atoms with E-state index in [9.17, 15) is 4.39 Å². The van der Waals surface area contributed by atoms with Gasteiger partial charge >= 0.3 is 0 Å². The molecule has 2 atom stereocenters. The molecule has 1 aliphatic heterocycles. The summed E-state index contributed by atoms with van der Waals surface area (Å²) in [6.07, 6.45) is 11.5. The molecule has 1 heterocycles. The van der Waals surface area contributed by atoms with E-state index in [1.54, 1.807) is 12.1 Å². The lowest BCUT2D eigenvalue weighted by Gasteiger charge is -2.42. The van der Waals surface area contributed by atoms with Crippen LogP contribution in [0.5, 0.6) is 0 Å². The second-order valence-electron chi connectivity index (χ2n) is 9.12. The van der Waals surface area contributed by atoms with Gasteiger partial charge in [-0.1, -0.05) is 19.1 Å². The van der Waals surface area contributed by atoms with Crippen molar-refractivity contribution in [1.29, 1.82) is 0 Å². The van der Waals surface area contributed by atoms with E-state index in [1.807, 2.05) is 12.1 Å². The third-order valence-corrected chi connectivity index (χ3v) is 7.33. The van der Waals surface area contributed by atoms with Crippen LogP contribution in [-0.2, 0) is 0 Å². The number of hydrogen-bond acceptors (Lipinski definition) is 3. The Labute approximate surface area is 177 Å². The lowest BCUT2D eigenvalue weighted by Crippen LogP contribution is -2.50. The van der Waals surface area contributed by atoms with Crippen LogP contribution >= 0.6 is 0 Å². The Kier molecular flexibility index (Phi) is 8.14. The smallest absolute Gasteiger partial charge is 0.146 e. The number of nitrogens with zero attached hydrogens (tertiary/aromatic N) is 2. The van der Waals surface area contributed by atoms with E-state index in [0.717, 1.165) is 24.4 Å². The lowest BCUT2D eigenvalue weighted by molar-refractivity contribution is 0.0739. The van der Waals surface area contributed by atoms with Gasteiger partial charge in [0.15, 0.2) is 0 Å². The molecule has 0 bridgehead atoms. The maximum absolute atomic E-state index is 14.0. The fourth-order valence-electron chi connectivity index (χ4n) is 5.35. The predicted molar refractivity (Wildman–Crippen MR) is 121 cm³/mol. The molecule has 0 aromatic heterocycles. The van der Waals surface area contributed by atoms with Crippen molar-refractivity contribution >= 4 is 5.69 Å². The Bertz CT molecular complexity index is 645. The molecule has 161 valence electrons. The van der Waals surface area contributed by atoms with Gasteiger partial charge in [-0.3, -0.25) is 4.90 Å². The minimum Gasteiger partial charge on any atom is -0.396 e. The van der Waals surface area contributed by atoms with E-state index in [1.165, 1.54) is 51.9 Å². The molecule has 29 heavy (non-hydrogen) atoms. The van der Waals surface area contributed by atoms with Crippen LogP contribution in [0.4, 0.5) is 10.1 Å². The summed E-state index contributed by atoms with van der Waals surface area (Å²) in [5.74, 6) is 1.30. The highest BCUT2D eigenvalue weighted by Gasteiger charge is 2.32. The van der Waals surface area contributed by atoms with Gasteiger partial charge in [-0.05, 0) is 87.4 Å². The van der Waals surface area contributed by atoms with Gasteiger partial charge in [0.1, 0.15) is 5.82 Å². The first-order valence-electron chi connectivity index (χ1n) is 11.4. The van der Waals surface area contributed by atoms with Crippen LogP contribution < -0.4 is 5.73 Å². The van der Waals surface area contributed by atoms with Crippen molar-refractivity contribution in [3.63, 3.8) is 0 Å². The number of anilines is 1. The van der Waals surface area contributed by atoms with E-state index in [4.69, 9.17) is 5.73 Å². The largest absolute Gasteiger partial charge is 0.396 e. The van der Waals surface area contributed by atoms with Crippen LogP contribution in [0.15, 0.2) is 30.9 Å². The van der Waals surface area contributed by atoms with Crippen LogP contribution in [0, 0.1) is 24.1 Å². The van der Waals surface area contributed by atoms with Crippen molar-refractivity contribution in [2.24, 2.45) is 11.8 Å². The highest BCUT2D eigenvalue weighted by molar-refractivity contribution is 5.42. The maximum atomic E-state index is 14.0. The summed E-state index contributed by atoms with van der Waals surface area (Å²) in [5.41, 5.74) is 6.99. The molecule has 1 aliphatic carbocycles. The molecule has 3 nitrogen and oxygen atoms in total. The third kappa shape index (κ3) is 5.82. The molecule has 1 saturated heterocycles. The lowest BCUT2D eigenvalue weighted by atomic mass is 9.72. The topological polar surface area (TPSA) is 32.5 Å². The predicted octanol–water partition coefficient (Wildman–Crippen LogP) is 5.10. The highest BCUT2D eigenvalue weighted by atomic mass is 19.1. The first kappa shape index (κ1) is 22.3. The summed E-state index contributed by atoms with van der Waals surface area (Å²) in [7, 11) is 2.22. The van der Waals surface area contributed by atoms with Crippen molar-refractivity contribution in [3.8, 4) is 0 Å². The van der Waals surface area contributed by atoms with E-state index < -0.39 is 0 Å². The molecule has 4 heteroatoms. The number of benzene rings is 1. The summed E-state index contributed by atoms with van der Waals surface area (Å²) in [4.78, 5) is 5.15. The van der Waals surface area contributed by atoms with Gasteiger partial charge in [0, 0.05) is 32.2 Å². The Hall–Kier alpha value is -1.39. The van der Waals surface area contributed by atoms with Crippen molar-refractivity contribution in [2.75, 3.05) is 39.0 Å². The summed E-state index contributed by atoms with van der Waals surface area (Å²) in [6, 6.07) is 6.11. The summed E-state index contributed by atoms with van der Waals surface area (Å²) in [5, 5.41) is 0. The average molecular weight is 401 g/mol. The van der Waals surface area contributed by atoms with Gasteiger partial charge in [0.05, 0.1) is 5.69 Å². The molecule has 0 spiro atoms. The first-order chi connectivity index (χ1) is 14.0. The van der Waals surface area contributed by atoms with Crippen LogP contribution in [-0.4, -0.2) is 49.1 Å². The monoisotopic (exact) mass is 400 g/mol.